The van der Waals surface area contributed by atoms with Gasteiger partial charge >= 0.3 is 0 Å². The van der Waals surface area contributed by atoms with Crippen molar-refractivity contribution < 1.29 is 9.32 Å². The van der Waals surface area contributed by atoms with E-state index in [0.29, 0.717) is 36.1 Å². The van der Waals surface area contributed by atoms with E-state index in [-0.39, 0.29) is 5.91 Å². The highest BCUT2D eigenvalue weighted by atomic mass is 79.9. The summed E-state index contributed by atoms with van der Waals surface area (Å²) in [5.41, 5.74) is 2.43. The fraction of sp³-hybridized carbons (Fsp3) is 0.333. The van der Waals surface area contributed by atoms with Crippen molar-refractivity contribution >= 4 is 38.3 Å². The van der Waals surface area contributed by atoms with Crippen LogP contribution in [0.15, 0.2) is 33.4 Å². The van der Waals surface area contributed by atoms with Crippen molar-refractivity contribution in [2.75, 3.05) is 5.32 Å². The van der Waals surface area contributed by atoms with Gasteiger partial charge in [-0.15, -0.1) is 11.3 Å². The van der Waals surface area contributed by atoms with Gasteiger partial charge in [0.05, 0.1) is 0 Å². The summed E-state index contributed by atoms with van der Waals surface area (Å²) < 4.78 is 6.14. The van der Waals surface area contributed by atoms with Gasteiger partial charge in [0.1, 0.15) is 0 Å². The molecule has 1 aromatic carbocycles. The van der Waals surface area contributed by atoms with Crippen molar-refractivity contribution in [3.8, 4) is 0 Å². The van der Waals surface area contributed by atoms with Crippen molar-refractivity contribution in [2.24, 2.45) is 0 Å². The number of aromatic nitrogens is 3. The fourth-order valence-electron chi connectivity index (χ4n) is 2.49. The first-order chi connectivity index (χ1) is 12.5. The number of thiazole rings is 1. The van der Waals surface area contributed by atoms with Crippen LogP contribution in [0.4, 0.5) is 5.13 Å². The van der Waals surface area contributed by atoms with Crippen LogP contribution in [0.5, 0.6) is 0 Å². The molecule has 0 atom stereocenters. The predicted octanol–water partition coefficient (Wildman–Crippen LogP) is 4.46. The van der Waals surface area contributed by atoms with Gasteiger partial charge in [-0.25, -0.2) is 4.98 Å². The van der Waals surface area contributed by atoms with Crippen molar-refractivity contribution in [1.82, 2.24) is 15.1 Å². The quantitative estimate of drug-likeness (QED) is 0.593. The number of hydrogen-bond acceptors (Lipinski definition) is 6. The highest BCUT2D eigenvalue weighted by Gasteiger charge is 2.09. The van der Waals surface area contributed by atoms with Gasteiger partial charge in [-0.2, -0.15) is 4.98 Å². The largest absolute Gasteiger partial charge is 0.339 e. The van der Waals surface area contributed by atoms with E-state index in [4.69, 9.17) is 4.52 Å². The third-order valence-corrected chi connectivity index (χ3v) is 5.57. The zero-order valence-corrected chi connectivity index (χ0v) is 17.0. The van der Waals surface area contributed by atoms with Crippen molar-refractivity contribution in [1.29, 1.82) is 0 Å². The van der Waals surface area contributed by atoms with Gasteiger partial charge in [0.2, 0.25) is 11.8 Å². The van der Waals surface area contributed by atoms with Crippen LogP contribution in [-0.2, 0) is 17.6 Å². The molecule has 0 radical (unpaired) electrons. The van der Waals surface area contributed by atoms with Gasteiger partial charge in [-0.3, -0.25) is 4.79 Å². The lowest BCUT2D eigenvalue weighted by Gasteiger charge is -2.02. The number of hydrogen-bond donors (Lipinski definition) is 1. The minimum atomic E-state index is -0.0541. The SMILES string of the molecule is Cc1noc(CCCC(=O)Nc2ncc(Cc3ccc(Br)c(C)c3)s2)n1. The zero-order valence-electron chi connectivity index (χ0n) is 14.6. The van der Waals surface area contributed by atoms with Crippen molar-refractivity contribution in [3.05, 3.63) is 56.6 Å². The Balaban J connectivity index is 1.48. The molecule has 6 nitrogen and oxygen atoms in total. The van der Waals surface area contributed by atoms with Gasteiger partial charge < -0.3 is 9.84 Å². The van der Waals surface area contributed by atoms with Gasteiger partial charge in [0, 0.05) is 34.8 Å². The Labute approximate surface area is 164 Å². The molecule has 0 spiro atoms. The van der Waals surface area contributed by atoms with Crippen molar-refractivity contribution in [2.45, 2.75) is 39.5 Å². The monoisotopic (exact) mass is 434 g/mol. The van der Waals surface area contributed by atoms with Gasteiger partial charge in [-0.1, -0.05) is 33.2 Å². The minimum Gasteiger partial charge on any atom is -0.339 e. The number of amides is 1. The maximum Gasteiger partial charge on any atom is 0.226 e. The molecule has 136 valence electrons. The van der Waals surface area contributed by atoms with E-state index in [1.807, 2.05) is 6.20 Å². The first-order valence-electron chi connectivity index (χ1n) is 8.28. The third-order valence-electron chi connectivity index (χ3n) is 3.76. The molecule has 0 saturated carbocycles. The molecule has 26 heavy (non-hydrogen) atoms. The summed E-state index contributed by atoms with van der Waals surface area (Å²) >= 11 is 5.02. The number of anilines is 1. The fourth-order valence-corrected chi connectivity index (χ4v) is 3.60. The van der Waals surface area contributed by atoms with E-state index < -0.39 is 0 Å². The number of carbonyl (C=O) groups excluding carboxylic acids is 1. The second-order valence-electron chi connectivity index (χ2n) is 6.03. The van der Waals surface area contributed by atoms with Gasteiger partial charge in [-0.05, 0) is 37.5 Å². The van der Waals surface area contributed by atoms with E-state index in [9.17, 15) is 4.79 Å². The maximum atomic E-state index is 12.0. The van der Waals surface area contributed by atoms with E-state index in [1.165, 1.54) is 22.5 Å². The molecule has 3 rings (SSSR count). The number of nitrogens with zero attached hydrogens (tertiary/aromatic N) is 3. The van der Waals surface area contributed by atoms with Crippen LogP contribution in [0.3, 0.4) is 0 Å². The number of benzene rings is 1. The van der Waals surface area contributed by atoms with E-state index in [1.54, 1.807) is 6.92 Å². The van der Waals surface area contributed by atoms with E-state index in [0.717, 1.165) is 15.8 Å². The van der Waals surface area contributed by atoms with Crippen LogP contribution in [0, 0.1) is 13.8 Å². The maximum absolute atomic E-state index is 12.0. The Bertz CT molecular complexity index is 906. The van der Waals surface area contributed by atoms with Crippen LogP contribution < -0.4 is 5.32 Å². The zero-order chi connectivity index (χ0) is 18.5. The Morgan fingerprint density at radius 1 is 1.35 bits per heavy atom. The van der Waals surface area contributed by atoms with Crippen LogP contribution in [0.25, 0.3) is 0 Å². The highest BCUT2D eigenvalue weighted by molar-refractivity contribution is 9.10. The Kier molecular flexibility index (Phi) is 6.16. The summed E-state index contributed by atoms with van der Waals surface area (Å²) in [5.74, 6) is 1.12. The summed E-state index contributed by atoms with van der Waals surface area (Å²) in [6.07, 6.45) is 4.27. The van der Waals surface area contributed by atoms with Crippen LogP contribution in [0.2, 0.25) is 0 Å². The third kappa shape index (κ3) is 5.22. The van der Waals surface area contributed by atoms with Gasteiger partial charge in [0.15, 0.2) is 11.0 Å². The summed E-state index contributed by atoms with van der Waals surface area (Å²) in [4.78, 5) is 21.6. The normalized spacial score (nSPS) is 10.9. The molecule has 0 aliphatic heterocycles. The molecular weight excluding hydrogens is 416 g/mol. The second kappa shape index (κ2) is 8.55. The van der Waals surface area contributed by atoms with Crippen LogP contribution in [-0.4, -0.2) is 21.0 Å². The van der Waals surface area contributed by atoms with E-state index >= 15 is 0 Å². The average molecular weight is 435 g/mol. The van der Waals surface area contributed by atoms with Gasteiger partial charge in [0.25, 0.3) is 0 Å². The molecule has 0 aliphatic rings. The number of nitrogens with one attached hydrogen (secondary N) is 1. The molecule has 0 unspecified atom stereocenters. The number of rotatable bonds is 7. The second-order valence-corrected chi connectivity index (χ2v) is 8.00. The summed E-state index contributed by atoms with van der Waals surface area (Å²) in [6.45, 7) is 3.84. The first-order valence-corrected chi connectivity index (χ1v) is 9.89. The summed E-state index contributed by atoms with van der Waals surface area (Å²) in [5, 5.41) is 7.22. The molecule has 3 aromatic rings. The summed E-state index contributed by atoms with van der Waals surface area (Å²) in [7, 11) is 0. The first kappa shape index (κ1) is 18.7. The molecule has 2 aromatic heterocycles. The molecule has 1 amide bonds. The molecule has 1 N–H and O–H groups in total. The topological polar surface area (TPSA) is 80.9 Å². The predicted molar refractivity (Wildman–Crippen MR) is 104 cm³/mol. The Hall–Kier alpha value is -2.06. The number of carbonyl (C=O) groups is 1. The molecule has 8 heteroatoms. The molecule has 0 bridgehead atoms. The molecular formula is C18H19BrN4O2S. The lowest BCUT2D eigenvalue weighted by Crippen LogP contribution is -2.11. The average Bonchev–Trinajstić information content (AvgIpc) is 3.20. The van der Waals surface area contributed by atoms with Crippen LogP contribution >= 0.6 is 27.3 Å². The molecule has 0 fully saturated rings. The lowest BCUT2D eigenvalue weighted by molar-refractivity contribution is -0.116. The number of aryl methyl sites for hydroxylation is 3. The lowest BCUT2D eigenvalue weighted by atomic mass is 10.1. The van der Waals surface area contributed by atoms with Crippen molar-refractivity contribution in [3.63, 3.8) is 0 Å². The summed E-state index contributed by atoms with van der Waals surface area (Å²) in [6, 6.07) is 6.30. The minimum absolute atomic E-state index is 0.0541. The molecule has 2 heterocycles. The smallest absolute Gasteiger partial charge is 0.226 e. The van der Waals surface area contributed by atoms with E-state index in [2.05, 4.69) is 61.5 Å². The molecule has 0 saturated heterocycles. The standard InChI is InChI=1S/C18H19BrN4O2S/c1-11-8-13(6-7-15(11)19)9-14-10-20-18(26-14)22-16(24)4-3-5-17-21-12(2)23-25-17/h6-8,10H,3-5,9H2,1-2H3,(H,20,22,24). The van der Waals surface area contributed by atoms with Crippen LogP contribution in [0.1, 0.15) is 40.6 Å². The highest BCUT2D eigenvalue weighted by Crippen LogP contribution is 2.24. The Morgan fingerprint density at radius 2 is 2.19 bits per heavy atom. The number of halogens is 1. The molecule has 0 aliphatic carbocycles. The Morgan fingerprint density at radius 3 is 2.92 bits per heavy atom.